The number of rotatable bonds is 1. The summed E-state index contributed by atoms with van der Waals surface area (Å²) in [6.45, 7) is 3.82. The first-order valence-corrected chi connectivity index (χ1v) is 3.62. The summed E-state index contributed by atoms with van der Waals surface area (Å²) in [4.78, 5) is 0. The molecule has 0 radical (unpaired) electrons. The second kappa shape index (κ2) is 3.05. The van der Waals surface area contributed by atoms with Crippen molar-refractivity contribution in [2.45, 2.75) is 20.1 Å². The van der Waals surface area contributed by atoms with E-state index in [2.05, 4.69) is 5.32 Å². The van der Waals surface area contributed by atoms with Crippen molar-refractivity contribution in [3.8, 4) is 0 Å². The molecule has 1 heterocycles. The second-order valence-electron chi connectivity index (χ2n) is 2.90. The fraction of sp³-hybridized carbons (Fsp3) is 0.500. The van der Waals surface area contributed by atoms with Gasteiger partial charge in [-0.1, -0.05) is 13.8 Å². The van der Waals surface area contributed by atoms with Gasteiger partial charge in [-0.2, -0.15) is 0 Å². The zero-order valence-electron chi connectivity index (χ0n) is 6.63. The molecular weight excluding hydrogens is 145 g/mol. The van der Waals surface area contributed by atoms with Crippen LogP contribution >= 0.6 is 0 Å². The number of aliphatic hydroxyl groups excluding tert-OH is 1. The molecule has 1 aliphatic rings. The van der Waals surface area contributed by atoms with E-state index in [0.717, 1.165) is 6.20 Å². The Morgan fingerprint density at radius 1 is 1.64 bits per heavy atom. The van der Waals surface area contributed by atoms with Gasteiger partial charge in [0.15, 0.2) is 0 Å². The number of aliphatic hydroxyl groups is 1. The van der Waals surface area contributed by atoms with Crippen LogP contribution in [0.1, 0.15) is 13.8 Å². The first-order chi connectivity index (χ1) is 5.11. The predicted molar refractivity (Wildman–Crippen MR) is 41.3 cm³/mol. The number of dihydropyridines is 1. The molecule has 0 aromatic carbocycles. The molecule has 1 unspecified atom stereocenters. The van der Waals surface area contributed by atoms with Crippen LogP contribution in [-0.2, 0) is 0 Å². The fourth-order valence-corrected chi connectivity index (χ4v) is 1.02. The smallest absolute Gasteiger partial charge is 0.147 e. The van der Waals surface area contributed by atoms with Crippen molar-refractivity contribution < 1.29 is 9.50 Å². The van der Waals surface area contributed by atoms with Gasteiger partial charge in [-0.25, -0.2) is 4.39 Å². The van der Waals surface area contributed by atoms with E-state index in [0.29, 0.717) is 5.57 Å². The third-order valence-corrected chi connectivity index (χ3v) is 1.67. The van der Waals surface area contributed by atoms with Gasteiger partial charge in [0.25, 0.3) is 0 Å². The predicted octanol–water partition coefficient (Wildman–Crippen LogP) is 1.30. The maximum absolute atomic E-state index is 12.6. The Bertz CT molecular complexity index is 208. The maximum atomic E-state index is 12.6. The molecule has 3 heteroatoms. The number of hydrogen-bond donors (Lipinski definition) is 2. The summed E-state index contributed by atoms with van der Waals surface area (Å²) in [5, 5.41) is 11.8. The van der Waals surface area contributed by atoms with Gasteiger partial charge in [0, 0.05) is 6.20 Å². The molecular formula is C8H12FNO. The van der Waals surface area contributed by atoms with E-state index in [9.17, 15) is 9.50 Å². The minimum atomic E-state index is -0.727. The van der Waals surface area contributed by atoms with Crippen molar-refractivity contribution in [2.75, 3.05) is 0 Å². The van der Waals surface area contributed by atoms with E-state index >= 15 is 0 Å². The quantitative estimate of drug-likeness (QED) is 0.601. The third kappa shape index (κ3) is 1.80. The topological polar surface area (TPSA) is 32.3 Å². The Morgan fingerprint density at radius 2 is 2.27 bits per heavy atom. The van der Waals surface area contributed by atoms with Crippen molar-refractivity contribution in [1.29, 1.82) is 0 Å². The molecule has 1 atom stereocenters. The molecule has 0 saturated heterocycles. The number of allylic oxidation sites excluding steroid dienone is 2. The first kappa shape index (κ1) is 8.27. The second-order valence-corrected chi connectivity index (χ2v) is 2.90. The molecule has 0 aromatic heterocycles. The highest BCUT2D eigenvalue weighted by Gasteiger charge is 2.16. The van der Waals surface area contributed by atoms with Crippen LogP contribution < -0.4 is 5.32 Å². The van der Waals surface area contributed by atoms with Crippen molar-refractivity contribution in [3.63, 3.8) is 0 Å². The van der Waals surface area contributed by atoms with Crippen molar-refractivity contribution in [1.82, 2.24) is 5.32 Å². The van der Waals surface area contributed by atoms with Crippen LogP contribution in [-0.4, -0.2) is 11.3 Å². The lowest BCUT2D eigenvalue weighted by Crippen LogP contribution is -2.30. The van der Waals surface area contributed by atoms with Gasteiger partial charge in [0.1, 0.15) is 12.1 Å². The molecule has 1 aliphatic heterocycles. The number of hydrogen-bond acceptors (Lipinski definition) is 2. The lowest BCUT2D eigenvalue weighted by atomic mass is 10.00. The molecule has 0 aromatic rings. The molecule has 2 nitrogen and oxygen atoms in total. The molecule has 0 spiro atoms. The lowest BCUT2D eigenvalue weighted by Gasteiger charge is -2.21. The molecule has 0 aliphatic carbocycles. The zero-order chi connectivity index (χ0) is 8.43. The van der Waals surface area contributed by atoms with Gasteiger partial charge < -0.3 is 10.4 Å². The monoisotopic (exact) mass is 157 g/mol. The van der Waals surface area contributed by atoms with Crippen LogP contribution in [0, 0.1) is 5.92 Å². The van der Waals surface area contributed by atoms with Crippen LogP contribution in [0.15, 0.2) is 23.7 Å². The summed E-state index contributed by atoms with van der Waals surface area (Å²) < 4.78 is 12.6. The summed E-state index contributed by atoms with van der Waals surface area (Å²) in [6, 6.07) is 0. The van der Waals surface area contributed by atoms with Crippen molar-refractivity contribution >= 4 is 0 Å². The van der Waals surface area contributed by atoms with E-state index in [1.165, 1.54) is 6.08 Å². The van der Waals surface area contributed by atoms with Gasteiger partial charge in [-0.05, 0) is 17.6 Å². The lowest BCUT2D eigenvalue weighted by molar-refractivity contribution is 0.175. The molecule has 0 fully saturated rings. The highest BCUT2D eigenvalue weighted by Crippen LogP contribution is 2.19. The Balaban J connectivity index is 2.81. The summed E-state index contributed by atoms with van der Waals surface area (Å²) in [5.74, 6) is -0.170. The molecule has 1 rings (SSSR count). The van der Waals surface area contributed by atoms with Gasteiger partial charge >= 0.3 is 0 Å². The average Bonchev–Trinajstić information content (AvgIpc) is 1.94. The van der Waals surface area contributed by atoms with E-state index < -0.39 is 6.23 Å². The molecule has 11 heavy (non-hydrogen) atoms. The minimum absolute atomic E-state index is 0.164. The highest BCUT2D eigenvalue weighted by molar-refractivity contribution is 5.25. The summed E-state index contributed by atoms with van der Waals surface area (Å²) >= 11 is 0. The number of halogens is 1. The van der Waals surface area contributed by atoms with Gasteiger partial charge in [0.05, 0.1) is 0 Å². The third-order valence-electron chi connectivity index (χ3n) is 1.67. The van der Waals surface area contributed by atoms with E-state index in [1.54, 1.807) is 0 Å². The van der Waals surface area contributed by atoms with Crippen LogP contribution in [0.5, 0.6) is 0 Å². The van der Waals surface area contributed by atoms with E-state index in [4.69, 9.17) is 0 Å². The van der Waals surface area contributed by atoms with Crippen molar-refractivity contribution in [2.24, 2.45) is 5.92 Å². The standard InChI is InChI=1S/C8H12FNO/c1-5(2)7-3-6(9)4-10-8(7)11/h3-5,8,10-11H,1-2H3. The maximum Gasteiger partial charge on any atom is 0.147 e. The molecule has 62 valence electrons. The van der Waals surface area contributed by atoms with Gasteiger partial charge in [-0.3, -0.25) is 0 Å². The van der Waals surface area contributed by atoms with Gasteiger partial charge in [0.2, 0.25) is 0 Å². The summed E-state index contributed by atoms with van der Waals surface area (Å²) in [5.41, 5.74) is 0.685. The van der Waals surface area contributed by atoms with Crippen LogP contribution in [0.2, 0.25) is 0 Å². The Labute approximate surface area is 65.4 Å². The summed E-state index contributed by atoms with van der Waals surface area (Å²) in [7, 11) is 0. The molecule has 0 bridgehead atoms. The van der Waals surface area contributed by atoms with E-state index in [-0.39, 0.29) is 11.7 Å². The van der Waals surface area contributed by atoms with Crippen LogP contribution in [0.3, 0.4) is 0 Å². The largest absolute Gasteiger partial charge is 0.370 e. The Kier molecular flexibility index (Phi) is 2.29. The molecule has 0 saturated carbocycles. The fourth-order valence-electron chi connectivity index (χ4n) is 1.02. The molecule has 0 amide bonds. The van der Waals surface area contributed by atoms with Crippen LogP contribution in [0.25, 0.3) is 0 Å². The number of nitrogens with one attached hydrogen (secondary N) is 1. The zero-order valence-corrected chi connectivity index (χ0v) is 6.63. The minimum Gasteiger partial charge on any atom is -0.370 e. The average molecular weight is 157 g/mol. The molecule has 2 N–H and O–H groups in total. The Morgan fingerprint density at radius 3 is 2.73 bits per heavy atom. The normalized spacial score (nSPS) is 24.3. The first-order valence-electron chi connectivity index (χ1n) is 3.62. The Hall–Kier alpha value is -0.830. The highest BCUT2D eigenvalue weighted by atomic mass is 19.1. The van der Waals surface area contributed by atoms with Crippen LogP contribution in [0.4, 0.5) is 4.39 Å². The van der Waals surface area contributed by atoms with E-state index in [1.807, 2.05) is 13.8 Å². The summed E-state index contributed by atoms with van der Waals surface area (Å²) in [6.07, 6.45) is 1.80. The SMILES string of the molecule is CC(C)C1=CC(F)=CNC1O. The van der Waals surface area contributed by atoms with Crippen molar-refractivity contribution in [3.05, 3.63) is 23.7 Å². The van der Waals surface area contributed by atoms with Gasteiger partial charge in [-0.15, -0.1) is 0 Å².